The Bertz CT molecular complexity index is 361. The van der Waals surface area contributed by atoms with Crippen LogP contribution in [0.15, 0.2) is 12.1 Å². The van der Waals surface area contributed by atoms with Gasteiger partial charge in [0.15, 0.2) is 11.6 Å². The molecule has 0 atom stereocenters. The van der Waals surface area contributed by atoms with Gasteiger partial charge in [-0.05, 0) is 26.0 Å². The van der Waals surface area contributed by atoms with Gasteiger partial charge in [-0.1, -0.05) is 0 Å². The van der Waals surface area contributed by atoms with Crippen molar-refractivity contribution in [1.29, 1.82) is 0 Å². The second-order valence-corrected chi connectivity index (χ2v) is 3.99. The van der Waals surface area contributed by atoms with E-state index in [1.54, 1.807) is 13.8 Å². The van der Waals surface area contributed by atoms with Crippen molar-refractivity contribution in [2.45, 2.75) is 19.4 Å². The van der Waals surface area contributed by atoms with Crippen molar-refractivity contribution in [2.75, 3.05) is 17.6 Å². The van der Waals surface area contributed by atoms with Gasteiger partial charge in [-0.3, -0.25) is 0 Å². The lowest BCUT2D eigenvalue weighted by molar-refractivity contribution is 0.0944. The third-order valence-corrected chi connectivity index (χ3v) is 1.82. The number of nitrogens with two attached hydrogens (primary N) is 1. The zero-order chi connectivity index (χ0) is 11.6. The molecule has 4 N–H and O–H groups in total. The summed E-state index contributed by atoms with van der Waals surface area (Å²) in [4.78, 5) is 0. The first-order valence-corrected chi connectivity index (χ1v) is 4.51. The van der Waals surface area contributed by atoms with E-state index in [9.17, 15) is 13.9 Å². The Morgan fingerprint density at radius 3 is 2.53 bits per heavy atom. The third-order valence-electron chi connectivity index (χ3n) is 1.82. The van der Waals surface area contributed by atoms with Crippen LogP contribution in [-0.2, 0) is 0 Å². The van der Waals surface area contributed by atoms with Crippen molar-refractivity contribution < 1.29 is 13.9 Å². The van der Waals surface area contributed by atoms with Crippen LogP contribution in [0.1, 0.15) is 13.8 Å². The van der Waals surface area contributed by atoms with Crippen LogP contribution in [0.3, 0.4) is 0 Å². The Hall–Kier alpha value is -1.36. The van der Waals surface area contributed by atoms with Gasteiger partial charge in [-0.25, -0.2) is 8.78 Å². The van der Waals surface area contributed by atoms with Crippen molar-refractivity contribution in [1.82, 2.24) is 0 Å². The number of hydrogen-bond acceptors (Lipinski definition) is 3. The van der Waals surface area contributed by atoms with Gasteiger partial charge in [-0.15, -0.1) is 0 Å². The normalized spacial score (nSPS) is 11.5. The van der Waals surface area contributed by atoms with E-state index < -0.39 is 17.2 Å². The number of nitrogen functional groups attached to an aromatic ring is 1. The highest BCUT2D eigenvalue weighted by atomic mass is 19.2. The minimum Gasteiger partial charge on any atom is -0.397 e. The number of hydrogen-bond donors (Lipinski definition) is 3. The van der Waals surface area contributed by atoms with E-state index in [0.717, 1.165) is 6.07 Å². The van der Waals surface area contributed by atoms with Crippen LogP contribution in [0.5, 0.6) is 0 Å². The van der Waals surface area contributed by atoms with Crippen molar-refractivity contribution in [3.63, 3.8) is 0 Å². The quantitative estimate of drug-likeness (QED) is 0.674. The molecule has 15 heavy (non-hydrogen) atoms. The molecule has 1 aromatic carbocycles. The first-order valence-electron chi connectivity index (χ1n) is 4.51. The van der Waals surface area contributed by atoms with Crippen LogP contribution < -0.4 is 11.1 Å². The van der Waals surface area contributed by atoms with Gasteiger partial charge in [0.05, 0.1) is 17.0 Å². The van der Waals surface area contributed by atoms with Crippen LogP contribution in [0.4, 0.5) is 20.2 Å². The molecule has 0 spiro atoms. The molecule has 0 heterocycles. The third kappa shape index (κ3) is 3.06. The largest absolute Gasteiger partial charge is 0.397 e. The molecule has 0 unspecified atom stereocenters. The SMILES string of the molecule is CC(C)(O)CNc1c(N)ccc(F)c1F. The van der Waals surface area contributed by atoms with Gasteiger partial charge >= 0.3 is 0 Å². The van der Waals surface area contributed by atoms with Gasteiger partial charge in [0.2, 0.25) is 0 Å². The van der Waals surface area contributed by atoms with E-state index in [0.29, 0.717) is 0 Å². The number of benzene rings is 1. The molecular weight excluding hydrogens is 202 g/mol. The molecule has 5 heteroatoms. The fourth-order valence-corrected chi connectivity index (χ4v) is 1.05. The Kier molecular flexibility index (Phi) is 3.14. The molecule has 3 nitrogen and oxygen atoms in total. The molecule has 0 aliphatic carbocycles. The zero-order valence-corrected chi connectivity index (χ0v) is 8.64. The summed E-state index contributed by atoms with van der Waals surface area (Å²) in [6.07, 6.45) is 0. The summed E-state index contributed by atoms with van der Waals surface area (Å²) in [5.74, 6) is -2.00. The van der Waals surface area contributed by atoms with E-state index in [2.05, 4.69) is 5.32 Å². The number of aliphatic hydroxyl groups is 1. The molecule has 0 aliphatic rings. The maximum atomic E-state index is 13.2. The molecule has 0 saturated heterocycles. The van der Waals surface area contributed by atoms with E-state index in [-0.39, 0.29) is 17.9 Å². The van der Waals surface area contributed by atoms with Crippen molar-refractivity contribution in [3.05, 3.63) is 23.8 Å². The smallest absolute Gasteiger partial charge is 0.183 e. The van der Waals surface area contributed by atoms with E-state index in [4.69, 9.17) is 5.73 Å². The maximum absolute atomic E-state index is 13.2. The Morgan fingerprint density at radius 2 is 2.00 bits per heavy atom. The van der Waals surface area contributed by atoms with Crippen molar-refractivity contribution in [3.8, 4) is 0 Å². The summed E-state index contributed by atoms with van der Waals surface area (Å²) in [7, 11) is 0. The lowest BCUT2D eigenvalue weighted by Gasteiger charge is -2.19. The van der Waals surface area contributed by atoms with Gasteiger partial charge in [-0.2, -0.15) is 0 Å². The molecule has 0 amide bonds. The molecule has 84 valence electrons. The molecule has 0 aliphatic heterocycles. The minimum absolute atomic E-state index is 0.0809. The van der Waals surface area contributed by atoms with Crippen LogP contribution in [0.2, 0.25) is 0 Å². The van der Waals surface area contributed by atoms with Crippen LogP contribution in [0, 0.1) is 11.6 Å². The Labute approximate surface area is 86.9 Å². The topological polar surface area (TPSA) is 58.3 Å². The van der Waals surface area contributed by atoms with E-state index in [1.807, 2.05) is 0 Å². The summed E-state index contributed by atoms with van der Waals surface area (Å²) >= 11 is 0. The van der Waals surface area contributed by atoms with Gasteiger partial charge < -0.3 is 16.2 Å². The highest BCUT2D eigenvalue weighted by Gasteiger charge is 2.16. The predicted octanol–water partition coefficient (Wildman–Crippen LogP) is 1.73. The molecular formula is C10H14F2N2O. The lowest BCUT2D eigenvalue weighted by Crippen LogP contribution is -2.30. The highest BCUT2D eigenvalue weighted by Crippen LogP contribution is 2.24. The monoisotopic (exact) mass is 216 g/mol. The average molecular weight is 216 g/mol. The number of halogens is 2. The summed E-state index contributed by atoms with van der Waals surface area (Å²) in [6.45, 7) is 3.18. The predicted molar refractivity (Wildman–Crippen MR) is 55.6 cm³/mol. The molecule has 0 fully saturated rings. The number of anilines is 2. The zero-order valence-electron chi connectivity index (χ0n) is 8.64. The fourth-order valence-electron chi connectivity index (χ4n) is 1.05. The molecule has 0 radical (unpaired) electrons. The van der Waals surface area contributed by atoms with Crippen LogP contribution in [0.25, 0.3) is 0 Å². The summed E-state index contributed by atoms with van der Waals surface area (Å²) < 4.78 is 26.1. The molecule has 0 saturated carbocycles. The Balaban J connectivity index is 2.90. The van der Waals surface area contributed by atoms with Crippen molar-refractivity contribution >= 4 is 11.4 Å². The van der Waals surface area contributed by atoms with Gasteiger partial charge in [0, 0.05) is 6.54 Å². The van der Waals surface area contributed by atoms with Crippen molar-refractivity contribution in [2.24, 2.45) is 0 Å². The molecule has 1 aromatic rings. The highest BCUT2D eigenvalue weighted by molar-refractivity contribution is 5.66. The van der Waals surface area contributed by atoms with E-state index >= 15 is 0 Å². The second kappa shape index (κ2) is 4.02. The van der Waals surface area contributed by atoms with E-state index in [1.165, 1.54) is 6.07 Å². The average Bonchev–Trinajstić information content (AvgIpc) is 2.10. The Morgan fingerprint density at radius 1 is 1.40 bits per heavy atom. The first-order chi connectivity index (χ1) is 6.81. The fraction of sp³-hybridized carbons (Fsp3) is 0.400. The molecule has 1 rings (SSSR count). The summed E-state index contributed by atoms with van der Waals surface area (Å²) in [5, 5.41) is 12.0. The van der Waals surface area contributed by atoms with Gasteiger partial charge in [0.1, 0.15) is 0 Å². The summed E-state index contributed by atoms with van der Waals surface area (Å²) in [6, 6.07) is 2.23. The minimum atomic E-state index is -1.03. The van der Waals surface area contributed by atoms with Crippen LogP contribution >= 0.6 is 0 Å². The standard InChI is InChI=1S/C10H14F2N2O/c1-10(2,15)5-14-9-7(13)4-3-6(11)8(9)12/h3-4,14-15H,5,13H2,1-2H3. The summed E-state index contributed by atoms with van der Waals surface area (Å²) in [5.41, 5.74) is 4.44. The van der Waals surface area contributed by atoms with Gasteiger partial charge in [0.25, 0.3) is 0 Å². The maximum Gasteiger partial charge on any atom is 0.183 e. The first kappa shape index (κ1) is 11.7. The molecule has 0 bridgehead atoms. The molecule has 0 aromatic heterocycles. The van der Waals surface area contributed by atoms with Crippen LogP contribution in [-0.4, -0.2) is 17.3 Å². The lowest BCUT2D eigenvalue weighted by atomic mass is 10.1. The number of rotatable bonds is 3. The second-order valence-electron chi connectivity index (χ2n) is 3.99. The number of nitrogens with one attached hydrogen (secondary N) is 1.